The topological polar surface area (TPSA) is 76.2 Å². The van der Waals surface area contributed by atoms with Crippen LogP contribution < -0.4 is 11.1 Å². The molecule has 1 unspecified atom stereocenters. The van der Waals surface area contributed by atoms with Gasteiger partial charge in [-0.05, 0) is 33.4 Å². The number of carbonyl (C=O) groups is 1. The first kappa shape index (κ1) is 14.3. The fourth-order valence-corrected chi connectivity index (χ4v) is 4.13. The van der Waals surface area contributed by atoms with Gasteiger partial charge in [0.15, 0.2) is 0 Å². The van der Waals surface area contributed by atoms with Gasteiger partial charge in [-0.15, -0.1) is 11.3 Å². The summed E-state index contributed by atoms with van der Waals surface area (Å²) in [5.74, 6) is -0.0756. The number of fused-ring (bicyclic) bond motifs is 1. The molecule has 1 fully saturated rings. The molecule has 6 nitrogen and oxygen atoms in total. The standard InChI is InChI=1S/C14H21N5OS/c1-8-10-11(15)12(21-14(10)19(3)17-8)13(20)16-7-9-5-4-6-18(9)2/h9H,4-7,15H2,1-3H3,(H,16,20). The van der Waals surface area contributed by atoms with Crippen molar-refractivity contribution < 1.29 is 4.79 Å². The lowest BCUT2D eigenvalue weighted by Crippen LogP contribution is -2.38. The number of thiophene rings is 1. The third-order valence-electron chi connectivity index (χ3n) is 4.26. The van der Waals surface area contributed by atoms with Crippen molar-refractivity contribution in [2.24, 2.45) is 7.05 Å². The molecule has 0 aromatic carbocycles. The number of likely N-dealkylation sites (tertiary alicyclic amines) is 1. The summed E-state index contributed by atoms with van der Waals surface area (Å²) in [6, 6.07) is 0.438. The molecule has 1 amide bonds. The molecule has 0 saturated carbocycles. The van der Waals surface area contributed by atoms with Crippen LogP contribution in [0, 0.1) is 6.92 Å². The Hall–Kier alpha value is -1.60. The van der Waals surface area contributed by atoms with Crippen LogP contribution in [0.5, 0.6) is 0 Å². The number of nitrogens with zero attached hydrogens (tertiary/aromatic N) is 3. The van der Waals surface area contributed by atoms with E-state index in [4.69, 9.17) is 5.73 Å². The number of likely N-dealkylation sites (N-methyl/N-ethyl adjacent to an activating group) is 1. The van der Waals surface area contributed by atoms with Crippen molar-refractivity contribution in [3.63, 3.8) is 0 Å². The van der Waals surface area contributed by atoms with E-state index in [9.17, 15) is 4.79 Å². The van der Waals surface area contributed by atoms with Crippen LogP contribution in [0.15, 0.2) is 0 Å². The highest BCUT2D eigenvalue weighted by molar-refractivity contribution is 7.21. The quantitative estimate of drug-likeness (QED) is 0.897. The number of nitrogen functional groups attached to an aromatic ring is 1. The molecule has 0 spiro atoms. The van der Waals surface area contributed by atoms with Crippen molar-refractivity contribution in [1.29, 1.82) is 0 Å². The van der Waals surface area contributed by atoms with Crippen molar-refractivity contribution in [3.05, 3.63) is 10.6 Å². The normalized spacial score (nSPS) is 19.5. The van der Waals surface area contributed by atoms with Gasteiger partial charge >= 0.3 is 0 Å². The highest BCUT2D eigenvalue weighted by atomic mass is 32.1. The number of aromatic nitrogens is 2. The van der Waals surface area contributed by atoms with Crippen LogP contribution in [-0.4, -0.2) is 46.8 Å². The van der Waals surface area contributed by atoms with Gasteiger partial charge in [0.1, 0.15) is 9.71 Å². The average molecular weight is 307 g/mol. The van der Waals surface area contributed by atoms with E-state index in [0.717, 1.165) is 28.9 Å². The Morgan fingerprint density at radius 1 is 1.52 bits per heavy atom. The first-order chi connectivity index (χ1) is 9.99. The van der Waals surface area contributed by atoms with Gasteiger partial charge in [-0.1, -0.05) is 0 Å². The molecule has 3 rings (SSSR count). The second-order valence-corrected chi connectivity index (χ2v) is 6.72. The van der Waals surface area contributed by atoms with E-state index >= 15 is 0 Å². The summed E-state index contributed by atoms with van der Waals surface area (Å²) >= 11 is 1.41. The number of rotatable bonds is 3. The lowest BCUT2D eigenvalue weighted by atomic mass is 10.2. The van der Waals surface area contributed by atoms with E-state index in [2.05, 4.69) is 22.4 Å². The van der Waals surface area contributed by atoms with Gasteiger partial charge in [0.25, 0.3) is 5.91 Å². The molecule has 2 aromatic rings. The molecule has 1 atom stereocenters. The lowest BCUT2D eigenvalue weighted by Gasteiger charge is -2.19. The summed E-state index contributed by atoms with van der Waals surface area (Å²) in [4.78, 5) is 16.2. The fraction of sp³-hybridized carbons (Fsp3) is 0.571. The van der Waals surface area contributed by atoms with E-state index in [0.29, 0.717) is 23.2 Å². The fourth-order valence-electron chi connectivity index (χ4n) is 3.03. The molecular weight excluding hydrogens is 286 g/mol. The van der Waals surface area contributed by atoms with Gasteiger partial charge in [0, 0.05) is 19.6 Å². The van der Waals surface area contributed by atoms with Crippen molar-refractivity contribution in [3.8, 4) is 0 Å². The van der Waals surface area contributed by atoms with Gasteiger partial charge in [-0.3, -0.25) is 9.48 Å². The lowest BCUT2D eigenvalue weighted by molar-refractivity contribution is 0.0948. The average Bonchev–Trinajstić information content (AvgIpc) is 3.06. The number of anilines is 1. The second-order valence-electron chi connectivity index (χ2n) is 5.72. The molecule has 0 bridgehead atoms. The highest BCUT2D eigenvalue weighted by Gasteiger charge is 2.24. The number of nitrogens with two attached hydrogens (primary N) is 1. The first-order valence-electron chi connectivity index (χ1n) is 7.19. The van der Waals surface area contributed by atoms with E-state index in [1.807, 2.05) is 14.0 Å². The Kier molecular flexibility index (Phi) is 3.62. The maximum Gasteiger partial charge on any atom is 0.263 e. The zero-order chi connectivity index (χ0) is 15.1. The van der Waals surface area contributed by atoms with E-state index in [1.165, 1.54) is 17.8 Å². The highest BCUT2D eigenvalue weighted by Crippen LogP contribution is 2.35. The van der Waals surface area contributed by atoms with Crippen LogP contribution in [0.2, 0.25) is 0 Å². The van der Waals surface area contributed by atoms with Crippen LogP contribution in [0.1, 0.15) is 28.2 Å². The molecule has 21 heavy (non-hydrogen) atoms. The third-order valence-corrected chi connectivity index (χ3v) is 5.53. The largest absolute Gasteiger partial charge is 0.397 e. The number of nitrogens with one attached hydrogen (secondary N) is 1. The Morgan fingerprint density at radius 3 is 2.90 bits per heavy atom. The third kappa shape index (κ3) is 2.40. The molecule has 3 N–H and O–H groups in total. The second kappa shape index (κ2) is 5.31. The van der Waals surface area contributed by atoms with Crippen LogP contribution in [0.3, 0.4) is 0 Å². The minimum Gasteiger partial charge on any atom is -0.397 e. The number of amides is 1. The molecule has 1 aliphatic heterocycles. The molecular formula is C14H21N5OS. The predicted molar refractivity (Wildman–Crippen MR) is 85.7 cm³/mol. The summed E-state index contributed by atoms with van der Waals surface area (Å²) in [5.41, 5.74) is 7.58. The van der Waals surface area contributed by atoms with E-state index in [-0.39, 0.29) is 5.91 Å². The predicted octanol–water partition coefficient (Wildman–Crippen LogP) is 1.35. The number of hydrogen-bond donors (Lipinski definition) is 2. The maximum atomic E-state index is 12.4. The molecule has 0 aliphatic carbocycles. The van der Waals surface area contributed by atoms with Crippen molar-refractivity contribution in [2.45, 2.75) is 25.8 Å². The van der Waals surface area contributed by atoms with Crippen LogP contribution in [0.4, 0.5) is 5.69 Å². The smallest absolute Gasteiger partial charge is 0.263 e. The zero-order valence-electron chi connectivity index (χ0n) is 12.6. The van der Waals surface area contributed by atoms with Gasteiger partial charge in [0.2, 0.25) is 0 Å². The van der Waals surface area contributed by atoms with Crippen molar-refractivity contribution >= 4 is 33.1 Å². The Labute approximate surface area is 127 Å². The van der Waals surface area contributed by atoms with Gasteiger partial charge < -0.3 is 16.0 Å². The van der Waals surface area contributed by atoms with Crippen LogP contribution in [0.25, 0.3) is 10.2 Å². The van der Waals surface area contributed by atoms with Gasteiger partial charge in [0.05, 0.1) is 16.8 Å². The summed E-state index contributed by atoms with van der Waals surface area (Å²) in [6.07, 6.45) is 2.34. The molecule has 1 saturated heterocycles. The Bertz CT molecular complexity index is 689. The summed E-state index contributed by atoms with van der Waals surface area (Å²) in [5, 5.41) is 8.27. The van der Waals surface area contributed by atoms with Crippen LogP contribution >= 0.6 is 11.3 Å². The molecule has 3 heterocycles. The minimum absolute atomic E-state index is 0.0756. The van der Waals surface area contributed by atoms with Crippen LogP contribution in [-0.2, 0) is 7.05 Å². The Morgan fingerprint density at radius 2 is 2.29 bits per heavy atom. The monoisotopic (exact) mass is 307 g/mol. The van der Waals surface area contributed by atoms with Crippen molar-refractivity contribution in [1.82, 2.24) is 20.0 Å². The molecule has 1 aliphatic rings. The summed E-state index contributed by atoms with van der Waals surface area (Å²) in [7, 11) is 3.98. The Balaban J connectivity index is 1.78. The van der Waals surface area contributed by atoms with Gasteiger partial charge in [-0.25, -0.2) is 0 Å². The zero-order valence-corrected chi connectivity index (χ0v) is 13.5. The van der Waals surface area contributed by atoms with Crippen molar-refractivity contribution in [2.75, 3.05) is 25.9 Å². The first-order valence-corrected chi connectivity index (χ1v) is 8.00. The molecule has 2 aromatic heterocycles. The minimum atomic E-state index is -0.0756. The number of hydrogen-bond acceptors (Lipinski definition) is 5. The van der Waals surface area contributed by atoms with Gasteiger partial charge in [-0.2, -0.15) is 5.10 Å². The number of aryl methyl sites for hydroxylation is 2. The molecule has 114 valence electrons. The SMILES string of the molecule is Cc1nn(C)c2sc(C(=O)NCC3CCCN3C)c(N)c12. The molecule has 7 heteroatoms. The number of carbonyl (C=O) groups excluding carboxylic acids is 1. The van der Waals surface area contributed by atoms with E-state index < -0.39 is 0 Å². The summed E-state index contributed by atoms with van der Waals surface area (Å²) in [6.45, 7) is 3.71. The molecule has 0 radical (unpaired) electrons. The van der Waals surface area contributed by atoms with E-state index in [1.54, 1.807) is 4.68 Å². The maximum absolute atomic E-state index is 12.4. The summed E-state index contributed by atoms with van der Waals surface area (Å²) < 4.78 is 1.78.